The summed E-state index contributed by atoms with van der Waals surface area (Å²) in [5.74, 6) is 0.566. The van der Waals surface area contributed by atoms with Gasteiger partial charge in [-0.05, 0) is 42.3 Å². The number of nitrogens with one attached hydrogen (secondary N) is 1. The van der Waals surface area contributed by atoms with Gasteiger partial charge < -0.3 is 15.1 Å². The average Bonchev–Trinajstić information content (AvgIpc) is 2.80. The van der Waals surface area contributed by atoms with Crippen LogP contribution in [0.25, 0.3) is 0 Å². The van der Waals surface area contributed by atoms with E-state index in [1.165, 1.54) is 5.56 Å². The van der Waals surface area contributed by atoms with Crippen LogP contribution in [0.15, 0.2) is 61.1 Å². The largest absolute Gasteiger partial charge is 0.367 e. The minimum atomic E-state index is -0.202. The maximum absolute atomic E-state index is 12.4. The SMILES string of the molecule is CCc1ccc(NC(=O)c2ccc(N3CCN(c4ncccn4)CC3)cn2)cc1. The van der Waals surface area contributed by atoms with Gasteiger partial charge in [-0.15, -0.1) is 0 Å². The molecule has 1 fully saturated rings. The van der Waals surface area contributed by atoms with E-state index in [1.807, 2.05) is 36.4 Å². The van der Waals surface area contributed by atoms with Crippen molar-refractivity contribution >= 4 is 23.2 Å². The third-order valence-corrected chi connectivity index (χ3v) is 5.08. The van der Waals surface area contributed by atoms with Crippen molar-refractivity contribution in [1.82, 2.24) is 15.0 Å². The molecule has 0 unspecified atom stereocenters. The molecule has 1 saturated heterocycles. The highest BCUT2D eigenvalue weighted by Crippen LogP contribution is 2.18. The van der Waals surface area contributed by atoms with Crippen molar-refractivity contribution in [2.45, 2.75) is 13.3 Å². The van der Waals surface area contributed by atoms with Crippen LogP contribution in [-0.4, -0.2) is 47.0 Å². The molecule has 3 aromatic rings. The monoisotopic (exact) mass is 388 g/mol. The van der Waals surface area contributed by atoms with Gasteiger partial charge in [0, 0.05) is 44.3 Å². The van der Waals surface area contributed by atoms with Gasteiger partial charge in [-0.3, -0.25) is 4.79 Å². The number of carbonyl (C=O) groups excluding carboxylic acids is 1. The summed E-state index contributed by atoms with van der Waals surface area (Å²) in [5, 5.41) is 2.90. The number of amides is 1. The van der Waals surface area contributed by atoms with E-state index in [1.54, 1.807) is 24.7 Å². The number of carbonyl (C=O) groups is 1. The second-order valence-corrected chi connectivity index (χ2v) is 6.93. The van der Waals surface area contributed by atoms with Crippen molar-refractivity contribution in [1.29, 1.82) is 0 Å². The van der Waals surface area contributed by atoms with Gasteiger partial charge in [-0.25, -0.2) is 15.0 Å². The van der Waals surface area contributed by atoms with Crippen molar-refractivity contribution in [3.8, 4) is 0 Å². The highest BCUT2D eigenvalue weighted by Gasteiger charge is 2.19. The number of benzene rings is 1. The molecule has 0 radical (unpaired) electrons. The summed E-state index contributed by atoms with van der Waals surface area (Å²) in [4.78, 5) is 29.9. The number of nitrogens with zero attached hydrogens (tertiary/aromatic N) is 5. The summed E-state index contributed by atoms with van der Waals surface area (Å²) in [6, 6.07) is 13.4. The second-order valence-electron chi connectivity index (χ2n) is 6.93. The fourth-order valence-electron chi connectivity index (χ4n) is 3.35. The van der Waals surface area contributed by atoms with Gasteiger partial charge >= 0.3 is 0 Å². The predicted octanol–water partition coefficient (Wildman–Crippen LogP) is 3.01. The molecule has 0 aliphatic carbocycles. The first-order valence-corrected chi connectivity index (χ1v) is 9.86. The average molecular weight is 388 g/mol. The van der Waals surface area contributed by atoms with Gasteiger partial charge in [0.05, 0.1) is 11.9 Å². The molecule has 2 aromatic heterocycles. The Morgan fingerprint density at radius 3 is 2.24 bits per heavy atom. The third kappa shape index (κ3) is 4.51. The number of aryl methyl sites for hydroxylation is 1. The van der Waals surface area contributed by atoms with Gasteiger partial charge in [0.1, 0.15) is 5.69 Å². The van der Waals surface area contributed by atoms with Gasteiger partial charge in [0.25, 0.3) is 5.91 Å². The Kier molecular flexibility index (Phi) is 5.65. The maximum Gasteiger partial charge on any atom is 0.274 e. The molecule has 29 heavy (non-hydrogen) atoms. The van der Waals surface area contributed by atoms with E-state index in [9.17, 15) is 4.79 Å². The molecule has 1 aromatic carbocycles. The first-order chi connectivity index (χ1) is 14.2. The Labute approximate surface area is 170 Å². The van der Waals surface area contributed by atoms with Crippen LogP contribution in [0, 0.1) is 0 Å². The number of anilines is 3. The molecular formula is C22H24N6O. The highest BCUT2D eigenvalue weighted by atomic mass is 16.1. The predicted molar refractivity (Wildman–Crippen MR) is 114 cm³/mol. The van der Waals surface area contributed by atoms with Gasteiger partial charge in [-0.2, -0.15) is 0 Å². The first-order valence-electron chi connectivity index (χ1n) is 9.86. The van der Waals surface area contributed by atoms with Crippen LogP contribution in [-0.2, 0) is 6.42 Å². The Balaban J connectivity index is 1.34. The van der Waals surface area contributed by atoms with Crippen molar-refractivity contribution in [3.63, 3.8) is 0 Å². The Morgan fingerprint density at radius 2 is 1.62 bits per heavy atom. The highest BCUT2D eigenvalue weighted by molar-refractivity contribution is 6.02. The number of hydrogen-bond acceptors (Lipinski definition) is 6. The van der Waals surface area contributed by atoms with Crippen LogP contribution >= 0.6 is 0 Å². The van der Waals surface area contributed by atoms with Crippen molar-refractivity contribution in [2.75, 3.05) is 41.3 Å². The standard InChI is InChI=1S/C22H24N6O/c1-2-17-4-6-18(7-5-17)26-21(29)20-9-8-19(16-25-20)27-12-14-28(15-13-27)22-23-10-3-11-24-22/h3-11,16H,2,12-15H2,1H3,(H,26,29). The molecule has 4 rings (SSSR count). The van der Waals surface area contributed by atoms with Crippen LogP contribution in [0.1, 0.15) is 23.0 Å². The van der Waals surface area contributed by atoms with E-state index in [4.69, 9.17) is 0 Å². The van der Waals surface area contributed by atoms with E-state index in [0.717, 1.165) is 49.9 Å². The molecule has 1 aliphatic heterocycles. The summed E-state index contributed by atoms with van der Waals surface area (Å²) in [6.45, 7) is 5.51. The van der Waals surface area contributed by atoms with Gasteiger partial charge in [-0.1, -0.05) is 19.1 Å². The number of rotatable bonds is 5. The zero-order chi connectivity index (χ0) is 20.1. The second kappa shape index (κ2) is 8.68. The number of piperazine rings is 1. The minimum Gasteiger partial charge on any atom is -0.367 e. The molecule has 7 nitrogen and oxygen atoms in total. The summed E-state index contributed by atoms with van der Waals surface area (Å²) in [7, 11) is 0. The lowest BCUT2D eigenvalue weighted by Crippen LogP contribution is -2.47. The molecular weight excluding hydrogens is 364 g/mol. The lowest BCUT2D eigenvalue weighted by Gasteiger charge is -2.35. The first kappa shape index (κ1) is 18.9. The molecule has 0 spiro atoms. The lowest BCUT2D eigenvalue weighted by atomic mass is 10.1. The van der Waals surface area contributed by atoms with E-state index in [0.29, 0.717) is 5.69 Å². The van der Waals surface area contributed by atoms with Crippen molar-refractivity contribution < 1.29 is 4.79 Å². The van der Waals surface area contributed by atoms with Gasteiger partial charge in [0.15, 0.2) is 0 Å². The maximum atomic E-state index is 12.4. The number of hydrogen-bond donors (Lipinski definition) is 1. The summed E-state index contributed by atoms with van der Waals surface area (Å²) < 4.78 is 0. The van der Waals surface area contributed by atoms with Crippen LogP contribution < -0.4 is 15.1 Å². The van der Waals surface area contributed by atoms with Crippen LogP contribution in [0.5, 0.6) is 0 Å². The topological polar surface area (TPSA) is 74.2 Å². The van der Waals surface area contributed by atoms with Crippen LogP contribution in [0.3, 0.4) is 0 Å². The normalized spacial score (nSPS) is 14.0. The Bertz CT molecular complexity index is 935. The fraction of sp³-hybridized carbons (Fsp3) is 0.273. The fourth-order valence-corrected chi connectivity index (χ4v) is 3.35. The Morgan fingerprint density at radius 1 is 0.931 bits per heavy atom. The number of aromatic nitrogens is 3. The minimum absolute atomic E-state index is 0.202. The zero-order valence-corrected chi connectivity index (χ0v) is 16.5. The van der Waals surface area contributed by atoms with Crippen molar-refractivity contribution in [2.24, 2.45) is 0 Å². The van der Waals surface area contributed by atoms with Crippen LogP contribution in [0.4, 0.5) is 17.3 Å². The Hall–Kier alpha value is -3.48. The summed E-state index contributed by atoms with van der Waals surface area (Å²) in [5.41, 5.74) is 3.44. The quantitative estimate of drug-likeness (QED) is 0.724. The molecule has 0 saturated carbocycles. The lowest BCUT2D eigenvalue weighted by molar-refractivity contribution is 0.102. The third-order valence-electron chi connectivity index (χ3n) is 5.08. The molecule has 1 N–H and O–H groups in total. The molecule has 148 valence electrons. The van der Waals surface area contributed by atoms with E-state index >= 15 is 0 Å². The smallest absolute Gasteiger partial charge is 0.274 e. The summed E-state index contributed by atoms with van der Waals surface area (Å²) >= 11 is 0. The van der Waals surface area contributed by atoms with Crippen LogP contribution in [0.2, 0.25) is 0 Å². The molecule has 1 amide bonds. The molecule has 3 heterocycles. The molecule has 1 aliphatic rings. The molecule has 0 bridgehead atoms. The van der Waals surface area contributed by atoms with E-state index < -0.39 is 0 Å². The van der Waals surface area contributed by atoms with E-state index in [-0.39, 0.29) is 5.91 Å². The van der Waals surface area contributed by atoms with Gasteiger partial charge in [0.2, 0.25) is 5.95 Å². The molecule has 7 heteroatoms. The number of pyridine rings is 1. The molecule has 0 atom stereocenters. The van der Waals surface area contributed by atoms with Crippen molar-refractivity contribution in [3.05, 3.63) is 72.3 Å². The van der Waals surface area contributed by atoms with E-state index in [2.05, 4.69) is 37.0 Å². The zero-order valence-electron chi connectivity index (χ0n) is 16.5. The summed E-state index contributed by atoms with van der Waals surface area (Å²) in [6.07, 6.45) is 6.27.